The predicted molar refractivity (Wildman–Crippen MR) is 64.8 cm³/mol. The molecule has 0 unspecified atom stereocenters. The van der Waals surface area contributed by atoms with Gasteiger partial charge in [-0.1, -0.05) is 6.07 Å². The molecule has 1 N–H and O–H groups in total. The lowest BCUT2D eigenvalue weighted by atomic mass is 10.2. The number of rotatable bonds is 2. The van der Waals surface area contributed by atoms with Crippen LogP contribution in [0, 0.1) is 3.57 Å². The molecule has 15 heavy (non-hydrogen) atoms. The third-order valence-electron chi connectivity index (χ3n) is 1.71. The van der Waals surface area contributed by atoms with Gasteiger partial charge in [0.25, 0.3) is 0 Å². The van der Waals surface area contributed by atoms with Crippen LogP contribution in [0.5, 0.6) is 0 Å². The first-order valence-electron chi connectivity index (χ1n) is 4.20. The van der Waals surface area contributed by atoms with Gasteiger partial charge >= 0.3 is 5.97 Å². The number of ether oxygens (including phenoxy) is 1. The van der Waals surface area contributed by atoms with Gasteiger partial charge in [0.1, 0.15) is 0 Å². The van der Waals surface area contributed by atoms with E-state index >= 15 is 0 Å². The highest BCUT2D eigenvalue weighted by Gasteiger charge is 2.13. The Hall–Kier alpha value is -1.11. The maximum absolute atomic E-state index is 11.3. The van der Waals surface area contributed by atoms with Crippen LogP contribution in [0.3, 0.4) is 0 Å². The van der Waals surface area contributed by atoms with Crippen LogP contribution in [0.2, 0.25) is 0 Å². The molecule has 1 aromatic rings. The number of nitrogens with one attached hydrogen (secondary N) is 1. The molecule has 0 radical (unpaired) electrons. The summed E-state index contributed by atoms with van der Waals surface area (Å²) >= 11 is 2.00. The minimum absolute atomic E-state index is 0.171. The molecule has 1 rings (SSSR count). The second-order valence-corrected chi connectivity index (χ2v) is 3.92. The summed E-state index contributed by atoms with van der Waals surface area (Å²) in [4.78, 5) is 22.2. The standard InChI is InChI=1S/C10H10INO3/c1-6(13)12-8-5-3-4-7(9(8)11)10(14)15-2/h3-5H,1-2H3,(H,12,13). The number of amides is 1. The minimum Gasteiger partial charge on any atom is -0.465 e. The van der Waals surface area contributed by atoms with Crippen LogP contribution in [0.4, 0.5) is 5.69 Å². The zero-order valence-corrected chi connectivity index (χ0v) is 10.5. The molecule has 0 fully saturated rings. The van der Waals surface area contributed by atoms with Crippen molar-refractivity contribution in [3.63, 3.8) is 0 Å². The maximum atomic E-state index is 11.3. The van der Waals surface area contributed by atoms with Gasteiger partial charge in [-0.3, -0.25) is 4.79 Å². The highest BCUT2D eigenvalue weighted by atomic mass is 127. The Bertz CT molecular complexity index is 404. The molecule has 0 aliphatic heterocycles. The third-order valence-corrected chi connectivity index (χ3v) is 2.88. The number of benzene rings is 1. The number of halogens is 1. The summed E-state index contributed by atoms with van der Waals surface area (Å²) in [7, 11) is 1.32. The number of methoxy groups -OCH3 is 1. The summed E-state index contributed by atoms with van der Waals surface area (Å²) in [6.45, 7) is 1.42. The molecule has 4 nitrogen and oxygen atoms in total. The average molecular weight is 319 g/mol. The molecule has 0 aliphatic rings. The van der Waals surface area contributed by atoms with Gasteiger partial charge in [-0.2, -0.15) is 0 Å². The summed E-state index contributed by atoms with van der Waals surface area (Å²) in [6.07, 6.45) is 0. The molecule has 0 bridgehead atoms. The molecule has 80 valence electrons. The Balaban J connectivity index is 3.11. The number of anilines is 1. The molecule has 1 aromatic carbocycles. The lowest BCUT2D eigenvalue weighted by Crippen LogP contribution is -2.10. The number of esters is 1. The molecule has 0 atom stereocenters. The van der Waals surface area contributed by atoms with Crippen LogP contribution in [0.1, 0.15) is 17.3 Å². The molecule has 5 heteroatoms. The topological polar surface area (TPSA) is 55.4 Å². The van der Waals surface area contributed by atoms with Gasteiger partial charge in [0.05, 0.1) is 21.9 Å². The number of carbonyl (C=O) groups is 2. The fourth-order valence-corrected chi connectivity index (χ4v) is 1.80. The lowest BCUT2D eigenvalue weighted by Gasteiger charge is -2.08. The number of carbonyl (C=O) groups excluding carboxylic acids is 2. The van der Waals surface area contributed by atoms with Crippen LogP contribution >= 0.6 is 22.6 Å². The van der Waals surface area contributed by atoms with E-state index in [2.05, 4.69) is 10.1 Å². The van der Waals surface area contributed by atoms with Gasteiger partial charge in [0.15, 0.2) is 0 Å². The van der Waals surface area contributed by atoms with Gasteiger partial charge in [-0.15, -0.1) is 0 Å². The van der Waals surface area contributed by atoms with E-state index in [0.29, 0.717) is 14.8 Å². The van der Waals surface area contributed by atoms with Gasteiger partial charge in [0, 0.05) is 6.92 Å². The highest BCUT2D eigenvalue weighted by Crippen LogP contribution is 2.22. The van der Waals surface area contributed by atoms with Crippen molar-refractivity contribution in [2.24, 2.45) is 0 Å². The molecule has 1 amide bonds. The van der Waals surface area contributed by atoms with Crippen molar-refractivity contribution in [1.82, 2.24) is 0 Å². The average Bonchev–Trinajstić information content (AvgIpc) is 2.19. The van der Waals surface area contributed by atoms with Crippen LogP contribution in [-0.4, -0.2) is 19.0 Å². The number of hydrogen-bond acceptors (Lipinski definition) is 3. The second-order valence-electron chi connectivity index (χ2n) is 2.84. The van der Waals surface area contributed by atoms with E-state index in [1.165, 1.54) is 14.0 Å². The Morgan fingerprint density at radius 1 is 1.40 bits per heavy atom. The van der Waals surface area contributed by atoms with Crippen molar-refractivity contribution >= 4 is 40.2 Å². The normalized spacial score (nSPS) is 9.53. The van der Waals surface area contributed by atoms with Crippen molar-refractivity contribution in [2.45, 2.75) is 6.92 Å². The second kappa shape index (κ2) is 5.11. The Kier molecular flexibility index (Phi) is 4.07. The first-order valence-corrected chi connectivity index (χ1v) is 5.28. The molecule has 0 aliphatic carbocycles. The molecule has 0 spiro atoms. The van der Waals surface area contributed by atoms with Crippen molar-refractivity contribution < 1.29 is 14.3 Å². The molecule has 0 aromatic heterocycles. The Morgan fingerprint density at radius 2 is 2.07 bits per heavy atom. The number of hydrogen-bond donors (Lipinski definition) is 1. The summed E-state index contributed by atoms with van der Waals surface area (Å²) in [5.41, 5.74) is 1.07. The third kappa shape index (κ3) is 2.92. The van der Waals surface area contributed by atoms with Crippen LogP contribution in [0.25, 0.3) is 0 Å². The first-order chi connectivity index (χ1) is 7.06. The Labute approximate surface area is 101 Å². The van der Waals surface area contributed by atoms with Crippen molar-refractivity contribution in [3.8, 4) is 0 Å². The van der Waals surface area contributed by atoms with E-state index in [0.717, 1.165) is 0 Å². The first kappa shape index (κ1) is 12.0. The molecule has 0 saturated carbocycles. The van der Waals surface area contributed by atoms with E-state index < -0.39 is 5.97 Å². The van der Waals surface area contributed by atoms with Gasteiger partial charge in [0.2, 0.25) is 5.91 Å². The van der Waals surface area contributed by atoms with E-state index in [1.54, 1.807) is 18.2 Å². The van der Waals surface area contributed by atoms with Crippen LogP contribution < -0.4 is 5.32 Å². The maximum Gasteiger partial charge on any atom is 0.339 e. The summed E-state index contributed by atoms with van der Waals surface area (Å²) in [6, 6.07) is 5.08. The van der Waals surface area contributed by atoms with E-state index in [-0.39, 0.29) is 5.91 Å². The van der Waals surface area contributed by atoms with Crippen LogP contribution in [0.15, 0.2) is 18.2 Å². The van der Waals surface area contributed by atoms with Crippen LogP contribution in [-0.2, 0) is 9.53 Å². The SMILES string of the molecule is COC(=O)c1cccc(NC(C)=O)c1I. The smallest absolute Gasteiger partial charge is 0.339 e. The summed E-state index contributed by atoms with van der Waals surface area (Å²) in [5.74, 6) is -0.582. The fraction of sp³-hybridized carbons (Fsp3) is 0.200. The molecule has 0 heterocycles. The molecule has 0 saturated heterocycles. The van der Waals surface area contributed by atoms with Gasteiger partial charge in [-0.05, 0) is 34.7 Å². The van der Waals surface area contributed by atoms with E-state index in [1.807, 2.05) is 22.6 Å². The van der Waals surface area contributed by atoms with E-state index in [9.17, 15) is 9.59 Å². The van der Waals surface area contributed by atoms with Gasteiger partial charge in [-0.25, -0.2) is 4.79 Å². The summed E-state index contributed by atoms with van der Waals surface area (Å²) < 4.78 is 5.30. The zero-order valence-electron chi connectivity index (χ0n) is 8.33. The fourth-order valence-electron chi connectivity index (χ4n) is 1.09. The van der Waals surface area contributed by atoms with E-state index in [4.69, 9.17) is 0 Å². The largest absolute Gasteiger partial charge is 0.465 e. The Morgan fingerprint density at radius 3 is 2.60 bits per heavy atom. The van der Waals surface area contributed by atoms with Crippen molar-refractivity contribution in [2.75, 3.05) is 12.4 Å². The summed E-state index contributed by atoms with van der Waals surface area (Å²) in [5, 5.41) is 2.64. The van der Waals surface area contributed by atoms with Gasteiger partial charge < -0.3 is 10.1 Å². The lowest BCUT2D eigenvalue weighted by molar-refractivity contribution is -0.114. The monoisotopic (exact) mass is 319 g/mol. The molecular formula is C10H10INO3. The minimum atomic E-state index is -0.411. The highest BCUT2D eigenvalue weighted by molar-refractivity contribution is 14.1. The van der Waals surface area contributed by atoms with Crippen molar-refractivity contribution in [1.29, 1.82) is 0 Å². The van der Waals surface area contributed by atoms with Crippen molar-refractivity contribution in [3.05, 3.63) is 27.3 Å². The predicted octanol–water partition coefficient (Wildman–Crippen LogP) is 2.04. The zero-order chi connectivity index (χ0) is 11.4. The molecular weight excluding hydrogens is 309 g/mol. The quantitative estimate of drug-likeness (QED) is 0.670.